The maximum Gasteiger partial charge on any atom is 0.332 e. The number of hydrogen-bond acceptors (Lipinski definition) is 3. The molecule has 0 heterocycles. The minimum absolute atomic E-state index is 0.231. The number of nitrogens with one attached hydrogen (secondary N) is 2. The normalized spacial score (nSPS) is 11.1. The fourth-order valence-corrected chi connectivity index (χ4v) is 2.16. The minimum atomic E-state index is -4.76. The van der Waals surface area contributed by atoms with Crippen molar-refractivity contribution in [3.8, 4) is 0 Å². The van der Waals surface area contributed by atoms with Crippen molar-refractivity contribution in [3.05, 3.63) is 24.3 Å². The number of carbonyl (C=O) groups is 1. The molecular formula is C13H19FN2O3S. The first-order valence-electron chi connectivity index (χ1n) is 6.53. The number of rotatable bonds is 7. The van der Waals surface area contributed by atoms with Crippen LogP contribution in [0.5, 0.6) is 0 Å². The summed E-state index contributed by atoms with van der Waals surface area (Å²) in [6, 6.07) is 4.62. The lowest BCUT2D eigenvalue weighted by Gasteiger charge is -2.08. The molecule has 2 amide bonds. The molecule has 0 aliphatic carbocycles. The Morgan fingerprint density at radius 3 is 2.65 bits per heavy atom. The highest BCUT2D eigenvalue weighted by molar-refractivity contribution is 7.86. The average Bonchev–Trinajstić information content (AvgIpc) is 2.38. The van der Waals surface area contributed by atoms with Gasteiger partial charge in [-0.25, -0.2) is 4.79 Å². The van der Waals surface area contributed by atoms with Crippen molar-refractivity contribution < 1.29 is 17.1 Å². The summed E-state index contributed by atoms with van der Waals surface area (Å²) in [7, 11) is -4.76. The molecule has 0 atom stereocenters. The molecule has 20 heavy (non-hydrogen) atoms. The van der Waals surface area contributed by atoms with Crippen molar-refractivity contribution in [2.75, 3.05) is 11.9 Å². The maximum absolute atomic E-state index is 12.8. The molecule has 0 radical (unpaired) electrons. The Hall–Kier alpha value is -1.63. The Labute approximate surface area is 118 Å². The molecule has 0 saturated heterocycles. The maximum atomic E-state index is 12.8. The van der Waals surface area contributed by atoms with Crippen molar-refractivity contribution in [2.24, 2.45) is 0 Å². The van der Waals surface area contributed by atoms with Crippen LogP contribution < -0.4 is 10.6 Å². The summed E-state index contributed by atoms with van der Waals surface area (Å²) in [6.07, 6.45) is 4.18. The number of benzene rings is 1. The van der Waals surface area contributed by atoms with E-state index in [4.69, 9.17) is 0 Å². The lowest BCUT2D eigenvalue weighted by Crippen LogP contribution is -2.29. The van der Waals surface area contributed by atoms with Crippen LogP contribution in [-0.4, -0.2) is 21.0 Å². The van der Waals surface area contributed by atoms with Gasteiger partial charge in [0.05, 0.1) is 0 Å². The number of carbonyl (C=O) groups excluding carboxylic acids is 1. The van der Waals surface area contributed by atoms with Gasteiger partial charge in [-0.3, -0.25) is 0 Å². The van der Waals surface area contributed by atoms with E-state index in [2.05, 4.69) is 17.6 Å². The van der Waals surface area contributed by atoms with E-state index in [1.54, 1.807) is 0 Å². The Kier molecular flexibility index (Phi) is 6.44. The van der Waals surface area contributed by atoms with Crippen LogP contribution in [0.1, 0.15) is 32.6 Å². The highest BCUT2D eigenvalue weighted by Crippen LogP contribution is 2.17. The zero-order chi connectivity index (χ0) is 15.0. The van der Waals surface area contributed by atoms with Gasteiger partial charge in [-0.15, -0.1) is 3.89 Å². The first-order chi connectivity index (χ1) is 9.43. The third-order valence-corrected chi connectivity index (χ3v) is 3.51. The Balaban J connectivity index is 2.46. The van der Waals surface area contributed by atoms with Gasteiger partial charge in [0.2, 0.25) is 0 Å². The largest absolute Gasteiger partial charge is 0.338 e. The third kappa shape index (κ3) is 6.01. The SMILES string of the molecule is CCCCCCNC(=O)Nc1cccc(S(=O)(=O)F)c1. The molecule has 7 heteroatoms. The van der Waals surface area contributed by atoms with Gasteiger partial charge in [0, 0.05) is 12.2 Å². The molecule has 0 aliphatic rings. The molecule has 0 aromatic heterocycles. The molecule has 0 bridgehead atoms. The Morgan fingerprint density at radius 1 is 1.25 bits per heavy atom. The molecule has 0 unspecified atom stereocenters. The highest BCUT2D eigenvalue weighted by atomic mass is 32.3. The minimum Gasteiger partial charge on any atom is -0.338 e. The van der Waals surface area contributed by atoms with Crippen molar-refractivity contribution in [3.63, 3.8) is 0 Å². The van der Waals surface area contributed by atoms with E-state index >= 15 is 0 Å². The van der Waals surface area contributed by atoms with Gasteiger partial charge in [-0.05, 0) is 24.6 Å². The molecule has 0 spiro atoms. The number of unbranched alkanes of at least 4 members (excludes halogenated alkanes) is 3. The predicted octanol–water partition coefficient (Wildman–Crippen LogP) is 3.05. The van der Waals surface area contributed by atoms with Crippen LogP contribution >= 0.6 is 0 Å². The second-order valence-corrected chi connectivity index (χ2v) is 5.75. The van der Waals surface area contributed by atoms with Crippen LogP contribution in [0.2, 0.25) is 0 Å². The van der Waals surface area contributed by atoms with Crippen LogP contribution in [0, 0.1) is 0 Å². The van der Waals surface area contributed by atoms with E-state index in [0.29, 0.717) is 6.54 Å². The first kappa shape index (κ1) is 16.4. The second-order valence-electron chi connectivity index (χ2n) is 4.41. The smallest absolute Gasteiger partial charge is 0.332 e. The van der Waals surface area contributed by atoms with Gasteiger partial charge in [0.1, 0.15) is 4.90 Å². The van der Waals surface area contributed by atoms with Gasteiger partial charge in [-0.1, -0.05) is 32.3 Å². The van der Waals surface area contributed by atoms with E-state index < -0.39 is 21.1 Å². The molecule has 1 aromatic carbocycles. The quantitative estimate of drug-likeness (QED) is 0.600. The summed E-state index contributed by atoms with van der Waals surface area (Å²) in [4.78, 5) is 11.1. The third-order valence-electron chi connectivity index (χ3n) is 2.69. The summed E-state index contributed by atoms with van der Waals surface area (Å²) in [5.41, 5.74) is 0.231. The Morgan fingerprint density at radius 2 is 2.00 bits per heavy atom. The summed E-state index contributed by atoms with van der Waals surface area (Å²) in [5, 5.41) is 5.12. The van der Waals surface area contributed by atoms with Crippen molar-refractivity contribution in [1.29, 1.82) is 0 Å². The number of amides is 2. The monoisotopic (exact) mass is 302 g/mol. The number of anilines is 1. The van der Waals surface area contributed by atoms with Crippen LogP contribution in [0.3, 0.4) is 0 Å². The molecule has 112 valence electrons. The van der Waals surface area contributed by atoms with Gasteiger partial charge in [0.15, 0.2) is 0 Å². The first-order valence-corrected chi connectivity index (χ1v) is 7.91. The average molecular weight is 302 g/mol. The van der Waals surface area contributed by atoms with Crippen molar-refractivity contribution in [2.45, 2.75) is 37.5 Å². The fraction of sp³-hybridized carbons (Fsp3) is 0.462. The molecule has 0 aliphatic heterocycles. The summed E-state index contributed by atoms with van der Waals surface area (Å²) >= 11 is 0. The lowest BCUT2D eigenvalue weighted by molar-refractivity contribution is 0.252. The molecule has 5 nitrogen and oxygen atoms in total. The number of hydrogen-bond donors (Lipinski definition) is 2. The van der Waals surface area contributed by atoms with Crippen molar-refractivity contribution >= 4 is 21.9 Å². The number of urea groups is 1. The fourth-order valence-electron chi connectivity index (χ4n) is 1.65. The zero-order valence-corrected chi connectivity index (χ0v) is 12.2. The molecular weight excluding hydrogens is 283 g/mol. The van der Waals surface area contributed by atoms with E-state index in [1.807, 2.05) is 0 Å². The number of halogens is 1. The van der Waals surface area contributed by atoms with Gasteiger partial charge >= 0.3 is 16.3 Å². The van der Waals surface area contributed by atoms with Crippen LogP contribution in [0.15, 0.2) is 29.2 Å². The van der Waals surface area contributed by atoms with E-state index in [0.717, 1.165) is 37.8 Å². The molecule has 0 saturated carbocycles. The summed E-state index contributed by atoms with van der Waals surface area (Å²) < 4.78 is 34.3. The van der Waals surface area contributed by atoms with Crippen LogP contribution in [-0.2, 0) is 10.2 Å². The van der Waals surface area contributed by atoms with Gasteiger partial charge < -0.3 is 10.6 Å². The highest BCUT2D eigenvalue weighted by Gasteiger charge is 2.12. The second kappa shape index (κ2) is 7.84. The van der Waals surface area contributed by atoms with Crippen molar-refractivity contribution in [1.82, 2.24) is 5.32 Å². The van der Waals surface area contributed by atoms with Crippen LogP contribution in [0.25, 0.3) is 0 Å². The van der Waals surface area contributed by atoms with Gasteiger partial charge in [0.25, 0.3) is 0 Å². The van der Waals surface area contributed by atoms with E-state index in [9.17, 15) is 17.1 Å². The molecule has 2 N–H and O–H groups in total. The van der Waals surface area contributed by atoms with E-state index in [1.165, 1.54) is 12.1 Å². The topological polar surface area (TPSA) is 75.3 Å². The Bertz CT molecular complexity index is 546. The summed E-state index contributed by atoms with van der Waals surface area (Å²) in [5.74, 6) is 0. The molecule has 0 fully saturated rings. The van der Waals surface area contributed by atoms with E-state index in [-0.39, 0.29) is 5.69 Å². The van der Waals surface area contributed by atoms with Crippen LogP contribution in [0.4, 0.5) is 14.4 Å². The molecule has 1 rings (SSSR count). The zero-order valence-electron chi connectivity index (χ0n) is 11.4. The molecule has 1 aromatic rings. The predicted molar refractivity (Wildman–Crippen MR) is 75.9 cm³/mol. The lowest BCUT2D eigenvalue weighted by atomic mass is 10.2. The van der Waals surface area contributed by atoms with Gasteiger partial charge in [-0.2, -0.15) is 8.42 Å². The standard InChI is InChI=1S/C13H19FN2O3S/c1-2-3-4-5-9-15-13(17)16-11-7-6-8-12(10-11)20(14,18)19/h6-8,10H,2-5,9H2,1H3,(H2,15,16,17). The summed E-state index contributed by atoms with van der Waals surface area (Å²) in [6.45, 7) is 2.65.